The van der Waals surface area contributed by atoms with Crippen LogP contribution in [0.25, 0.3) is 17.0 Å². The van der Waals surface area contributed by atoms with E-state index in [0.717, 1.165) is 26.2 Å². The van der Waals surface area contributed by atoms with Gasteiger partial charge in [0.1, 0.15) is 10.7 Å². The van der Waals surface area contributed by atoms with Crippen molar-refractivity contribution in [2.75, 3.05) is 0 Å². The highest BCUT2D eigenvalue weighted by Gasteiger charge is 2.15. The highest BCUT2D eigenvalue weighted by Crippen LogP contribution is 2.36. The summed E-state index contributed by atoms with van der Waals surface area (Å²) < 4.78 is 2.02. The molecular formula is C18H12ClN3S. The Morgan fingerprint density at radius 1 is 0.913 bits per heavy atom. The van der Waals surface area contributed by atoms with Gasteiger partial charge in [-0.15, -0.1) is 0 Å². The molecule has 4 rings (SSSR count). The maximum absolute atomic E-state index is 5.98. The maximum Gasteiger partial charge on any atom is 0.235 e. The van der Waals surface area contributed by atoms with Gasteiger partial charge in [-0.2, -0.15) is 0 Å². The second-order valence-corrected chi connectivity index (χ2v) is 6.48. The lowest BCUT2D eigenvalue weighted by molar-refractivity contribution is 1.01. The van der Waals surface area contributed by atoms with Crippen LogP contribution in [0.5, 0.6) is 0 Å². The quantitative estimate of drug-likeness (QED) is 0.514. The molecule has 2 aromatic carbocycles. The van der Waals surface area contributed by atoms with Gasteiger partial charge in [-0.05, 0) is 30.3 Å². The summed E-state index contributed by atoms with van der Waals surface area (Å²) in [7, 11) is 0. The van der Waals surface area contributed by atoms with Gasteiger partial charge < -0.3 is 0 Å². The van der Waals surface area contributed by atoms with Crippen molar-refractivity contribution in [2.24, 2.45) is 0 Å². The molecule has 112 valence electrons. The van der Waals surface area contributed by atoms with Crippen LogP contribution in [0.1, 0.15) is 0 Å². The van der Waals surface area contributed by atoms with Crippen molar-refractivity contribution in [1.29, 1.82) is 0 Å². The van der Waals surface area contributed by atoms with Crippen molar-refractivity contribution in [3.63, 3.8) is 0 Å². The number of imidazole rings is 1. The third kappa shape index (κ3) is 2.83. The van der Waals surface area contributed by atoms with Crippen molar-refractivity contribution >= 4 is 29.1 Å². The molecule has 0 aliphatic carbocycles. The predicted octanol–water partition coefficient (Wildman–Crippen LogP) is 5.20. The summed E-state index contributed by atoms with van der Waals surface area (Å²) in [5, 5.41) is 1.78. The normalized spacial score (nSPS) is 11.0. The van der Waals surface area contributed by atoms with Crippen LogP contribution in [0.15, 0.2) is 83.0 Å². The molecule has 0 N–H and O–H groups in total. The van der Waals surface area contributed by atoms with Crippen LogP contribution in [0.4, 0.5) is 0 Å². The largest absolute Gasteiger partial charge is 0.278 e. The molecule has 0 unspecified atom stereocenters. The number of rotatable bonds is 3. The Morgan fingerprint density at radius 3 is 2.48 bits per heavy atom. The zero-order valence-electron chi connectivity index (χ0n) is 12.1. The van der Waals surface area contributed by atoms with Crippen LogP contribution in [-0.2, 0) is 0 Å². The number of nitrogens with zero attached hydrogens (tertiary/aromatic N) is 3. The molecule has 0 spiro atoms. The van der Waals surface area contributed by atoms with Crippen molar-refractivity contribution in [3.05, 3.63) is 78.1 Å². The Bertz CT molecular complexity index is 949. The van der Waals surface area contributed by atoms with Gasteiger partial charge in [-0.25, -0.2) is 9.97 Å². The zero-order chi connectivity index (χ0) is 15.6. The number of benzene rings is 2. The number of hydrogen-bond acceptors (Lipinski definition) is 3. The van der Waals surface area contributed by atoms with Crippen LogP contribution >= 0.6 is 23.4 Å². The fourth-order valence-electron chi connectivity index (χ4n) is 2.36. The van der Waals surface area contributed by atoms with E-state index in [4.69, 9.17) is 16.6 Å². The molecule has 0 saturated heterocycles. The van der Waals surface area contributed by atoms with Crippen molar-refractivity contribution in [2.45, 2.75) is 9.92 Å². The first-order valence-corrected chi connectivity index (χ1v) is 8.32. The lowest BCUT2D eigenvalue weighted by Gasteiger charge is -2.05. The molecule has 0 radical (unpaired) electrons. The summed E-state index contributed by atoms with van der Waals surface area (Å²) in [6, 6.07) is 19.9. The van der Waals surface area contributed by atoms with Crippen molar-refractivity contribution < 1.29 is 0 Å². The van der Waals surface area contributed by atoms with Gasteiger partial charge in [0, 0.05) is 27.9 Å². The fourth-order valence-corrected chi connectivity index (χ4v) is 3.48. The van der Waals surface area contributed by atoms with Gasteiger partial charge in [0.15, 0.2) is 0 Å². The predicted molar refractivity (Wildman–Crippen MR) is 94.0 cm³/mol. The Balaban J connectivity index is 1.87. The number of hydrogen-bond donors (Lipinski definition) is 0. The van der Waals surface area contributed by atoms with E-state index in [2.05, 4.69) is 17.1 Å². The molecule has 4 aromatic rings. The molecule has 2 aromatic heterocycles. The topological polar surface area (TPSA) is 30.2 Å². The van der Waals surface area contributed by atoms with E-state index >= 15 is 0 Å². The summed E-state index contributed by atoms with van der Waals surface area (Å²) in [6.07, 6.45) is 3.74. The molecule has 0 fully saturated rings. The average Bonchev–Trinajstić information content (AvgIpc) is 2.96. The van der Waals surface area contributed by atoms with Crippen LogP contribution in [0.2, 0.25) is 5.02 Å². The van der Waals surface area contributed by atoms with E-state index in [1.807, 2.05) is 59.1 Å². The standard InChI is InChI=1S/C18H12ClN3S/c19-14-7-9-15(10-8-14)23-17-16(13-5-2-1-3-6-13)21-18-20-11-4-12-22(17)18/h1-12H. The van der Waals surface area contributed by atoms with Crippen LogP contribution in [-0.4, -0.2) is 14.4 Å². The monoisotopic (exact) mass is 337 g/mol. The first kappa shape index (κ1) is 14.3. The van der Waals surface area contributed by atoms with E-state index < -0.39 is 0 Å². The van der Waals surface area contributed by atoms with Gasteiger partial charge >= 0.3 is 0 Å². The summed E-state index contributed by atoms with van der Waals surface area (Å²) in [5.74, 6) is 0.697. The van der Waals surface area contributed by atoms with Crippen molar-refractivity contribution in [3.8, 4) is 11.3 Å². The van der Waals surface area contributed by atoms with E-state index in [0.29, 0.717) is 5.78 Å². The van der Waals surface area contributed by atoms with E-state index in [1.165, 1.54) is 0 Å². The second kappa shape index (κ2) is 6.07. The molecule has 0 saturated carbocycles. The number of halogens is 1. The van der Waals surface area contributed by atoms with E-state index in [9.17, 15) is 0 Å². The average molecular weight is 338 g/mol. The minimum absolute atomic E-state index is 0.697. The maximum atomic E-state index is 5.98. The minimum atomic E-state index is 0.697. The first-order valence-electron chi connectivity index (χ1n) is 7.13. The first-order chi connectivity index (χ1) is 11.3. The minimum Gasteiger partial charge on any atom is -0.278 e. The SMILES string of the molecule is Clc1ccc(Sc2c(-c3ccccc3)nc3ncccn23)cc1. The molecule has 0 atom stereocenters. The smallest absolute Gasteiger partial charge is 0.235 e. The second-order valence-electron chi connectivity index (χ2n) is 4.98. The number of fused-ring (bicyclic) bond motifs is 1. The molecule has 0 aliphatic rings. The number of aromatic nitrogens is 3. The molecule has 0 bridgehead atoms. The Hall–Kier alpha value is -2.30. The Labute approximate surface area is 143 Å². The molecule has 2 heterocycles. The molecule has 3 nitrogen and oxygen atoms in total. The lowest BCUT2D eigenvalue weighted by Crippen LogP contribution is -1.88. The van der Waals surface area contributed by atoms with Gasteiger partial charge in [-0.3, -0.25) is 4.40 Å². The highest BCUT2D eigenvalue weighted by atomic mass is 35.5. The molecule has 5 heteroatoms. The highest BCUT2D eigenvalue weighted by molar-refractivity contribution is 7.99. The van der Waals surface area contributed by atoms with E-state index in [-0.39, 0.29) is 0 Å². The molecule has 0 aliphatic heterocycles. The fraction of sp³-hybridized carbons (Fsp3) is 0. The van der Waals surface area contributed by atoms with Crippen LogP contribution < -0.4 is 0 Å². The lowest BCUT2D eigenvalue weighted by atomic mass is 10.2. The van der Waals surface area contributed by atoms with Gasteiger partial charge in [-0.1, -0.05) is 53.7 Å². The third-order valence-electron chi connectivity index (χ3n) is 3.44. The van der Waals surface area contributed by atoms with Gasteiger partial charge in [0.25, 0.3) is 0 Å². The third-order valence-corrected chi connectivity index (χ3v) is 4.78. The molecular weight excluding hydrogens is 326 g/mol. The molecule has 0 amide bonds. The van der Waals surface area contributed by atoms with Crippen LogP contribution in [0.3, 0.4) is 0 Å². The Kier molecular flexibility index (Phi) is 3.77. The van der Waals surface area contributed by atoms with Gasteiger partial charge in [0.2, 0.25) is 5.78 Å². The Morgan fingerprint density at radius 2 is 1.70 bits per heavy atom. The molecule has 23 heavy (non-hydrogen) atoms. The van der Waals surface area contributed by atoms with Crippen molar-refractivity contribution in [1.82, 2.24) is 14.4 Å². The summed E-state index contributed by atoms with van der Waals surface area (Å²) in [4.78, 5) is 10.2. The summed E-state index contributed by atoms with van der Waals surface area (Å²) in [6.45, 7) is 0. The van der Waals surface area contributed by atoms with Crippen LogP contribution in [0, 0.1) is 0 Å². The summed E-state index contributed by atoms with van der Waals surface area (Å²) in [5.41, 5.74) is 2.01. The van der Waals surface area contributed by atoms with E-state index in [1.54, 1.807) is 18.0 Å². The van der Waals surface area contributed by atoms with Gasteiger partial charge in [0.05, 0.1) is 0 Å². The summed E-state index contributed by atoms with van der Waals surface area (Å²) >= 11 is 7.63. The zero-order valence-corrected chi connectivity index (χ0v) is 13.6.